The number of aromatic nitrogens is 1. The van der Waals surface area contributed by atoms with Crippen LogP contribution in [0.15, 0.2) is 42.6 Å². The molecule has 0 bridgehead atoms. The second-order valence-corrected chi connectivity index (χ2v) is 8.93. The van der Waals surface area contributed by atoms with Crippen LogP contribution in [0.2, 0.25) is 0 Å². The number of rotatable bonds is 6. The van der Waals surface area contributed by atoms with E-state index in [1.54, 1.807) is 12.0 Å². The standard InChI is InChI=1S/C25H33N3O3/c1-18(2)28(25(30)19-8-4-5-9-19)17-23(29)27-15-14-26-13-7-12-22(26)24(27)20-10-6-11-21(16-20)31-3/h6-7,10-13,16,18-19,24H,4-5,8-9,14-15,17H2,1-3H3. The van der Waals surface area contributed by atoms with E-state index < -0.39 is 0 Å². The molecule has 166 valence electrons. The fourth-order valence-corrected chi connectivity index (χ4v) is 4.97. The molecule has 1 atom stereocenters. The van der Waals surface area contributed by atoms with Crippen LogP contribution in [0.1, 0.15) is 56.8 Å². The molecule has 0 N–H and O–H groups in total. The van der Waals surface area contributed by atoms with Crippen LogP contribution >= 0.6 is 0 Å². The molecule has 1 unspecified atom stereocenters. The number of carbonyl (C=O) groups is 2. The van der Waals surface area contributed by atoms with E-state index in [4.69, 9.17) is 4.74 Å². The van der Waals surface area contributed by atoms with Crippen LogP contribution in [0.3, 0.4) is 0 Å². The number of fused-ring (bicyclic) bond motifs is 1. The van der Waals surface area contributed by atoms with Crippen molar-refractivity contribution in [1.29, 1.82) is 0 Å². The van der Waals surface area contributed by atoms with Gasteiger partial charge in [-0.3, -0.25) is 9.59 Å². The summed E-state index contributed by atoms with van der Waals surface area (Å²) in [6, 6.07) is 11.8. The quantitative estimate of drug-likeness (QED) is 0.709. The molecule has 1 aromatic carbocycles. The summed E-state index contributed by atoms with van der Waals surface area (Å²) in [7, 11) is 1.65. The molecular weight excluding hydrogens is 390 g/mol. The molecule has 0 saturated heterocycles. The summed E-state index contributed by atoms with van der Waals surface area (Å²) in [5.41, 5.74) is 2.11. The fraction of sp³-hybridized carbons (Fsp3) is 0.520. The van der Waals surface area contributed by atoms with Crippen LogP contribution in [0.4, 0.5) is 0 Å². The molecule has 2 heterocycles. The van der Waals surface area contributed by atoms with Gasteiger partial charge in [-0.05, 0) is 56.5 Å². The van der Waals surface area contributed by atoms with E-state index in [1.807, 2.05) is 49.1 Å². The third-order valence-electron chi connectivity index (χ3n) is 6.68. The molecule has 6 heteroatoms. The van der Waals surface area contributed by atoms with E-state index in [0.29, 0.717) is 6.54 Å². The van der Waals surface area contributed by atoms with Gasteiger partial charge in [-0.1, -0.05) is 25.0 Å². The maximum Gasteiger partial charge on any atom is 0.243 e. The second-order valence-electron chi connectivity index (χ2n) is 8.93. The van der Waals surface area contributed by atoms with Gasteiger partial charge in [0.2, 0.25) is 11.8 Å². The molecule has 1 saturated carbocycles. The van der Waals surface area contributed by atoms with Crippen molar-refractivity contribution in [2.45, 2.75) is 58.2 Å². The lowest BCUT2D eigenvalue weighted by Crippen LogP contribution is -2.50. The minimum atomic E-state index is -0.193. The molecular formula is C25H33N3O3. The zero-order valence-corrected chi connectivity index (χ0v) is 18.8. The van der Waals surface area contributed by atoms with Gasteiger partial charge in [-0.2, -0.15) is 0 Å². The molecule has 1 aromatic heterocycles. The predicted octanol–water partition coefficient (Wildman–Crippen LogP) is 3.86. The van der Waals surface area contributed by atoms with Crippen LogP contribution in [0.5, 0.6) is 5.75 Å². The first-order valence-corrected chi connectivity index (χ1v) is 11.4. The molecule has 6 nitrogen and oxygen atoms in total. The van der Waals surface area contributed by atoms with Crippen molar-refractivity contribution in [3.63, 3.8) is 0 Å². The summed E-state index contributed by atoms with van der Waals surface area (Å²) in [6.45, 7) is 5.51. The smallest absolute Gasteiger partial charge is 0.243 e. The van der Waals surface area contributed by atoms with E-state index in [1.165, 1.54) is 0 Å². The van der Waals surface area contributed by atoms with Gasteiger partial charge in [0.25, 0.3) is 0 Å². The summed E-state index contributed by atoms with van der Waals surface area (Å²) in [6.07, 6.45) is 6.17. The number of amides is 2. The molecule has 31 heavy (non-hydrogen) atoms. The van der Waals surface area contributed by atoms with Crippen molar-refractivity contribution in [1.82, 2.24) is 14.4 Å². The maximum absolute atomic E-state index is 13.6. The Morgan fingerprint density at radius 1 is 1.13 bits per heavy atom. The number of hydrogen-bond acceptors (Lipinski definition) is 3. The van der Waals surface area contributed by atoms with Gasteiger partial charge < -0.3 is 19.1 Å². The van der Waals surface area contributed by atoms with Gasteiger partial charge >= 0.3 is 0 Å². The van der Waals surface area contributed by atoms with Crippen molar-refractivity contribution in [3.8, 4) is 5.75 Å². The Morgan fingerprint density at radius 2 is 1.90 bits per heavy atom. The Kier molecular flexibility index (Phi) is 6.35. The van der Waals surface area contributed by atoms with Gasteiger partial charge in [-0.25, -0.2) is 0 Å². The van der Waals surface area contributed by atoms with Crippen molar-refractivity contribution in [2.75, 3.05) is 20.2 Å². The van der Waals surface area contributed by atoms with E-state index in [9.17, 15) is 9.59 Å². The van der Waals surface area contributed by atoms with E-state index in [-0.39, 0.29) is 36.4 Å². The summed E-state index contributed by atoms with van der Waals surface area (Å²) < 4.78 is 7.64. The molecule has 2 amide bonds. The average molecular weight is 424 g/mol. The van der Waals surface area contributed by atoms with Gasteiger partial charge in [-0.15, -0.1) is 0 Å². The highest BCUT2D eigenvalue weighted by Gasteiger charge is 2.35. The second kappa shape index (κ2) is 9.16. The van der Waals surface area contributed by atoms with E-state index in [0.717, 1.165) is 49.2 Å². The third-order valence-corrected chi connectivity index (χ3v) is 6.68. The van der Waals surface area contributed by atoms with E-state index >= 15 is 0 Å². The number of hydrogen-bond donors (Lipinski definition) is 0. The molecule has 2 aromatic rings. The van der Waals surface area contributed by atoms with Crippen LogP contribution in [0, 0.1) is 5.92 Å². The van der Waals surface area contributed by atoms with Crippen molar-refractivity contribution >= 4 is 11.8 Å². The van der Waals surface area contributed by atoms with Gasteiger partial charge in [0.05, 0.1) is 13.2 Å². The fourth-order valence-electron chi connectivity index (χ4n) is 4.97. The monoisotopic (exact) mass is 423 g/mol. The molecule has 1 aliphatic carbocycles. The Labute approximate surface area is 184 Å². The van der Waals surface area contributed by atoms with Crippen LogP contribution in [0.25, 0.3) is 0 Å². The lowest BCUT2D eigenvalue weighted by Gasteiger charge is -2.39. The molecule has 0 radical (unpaired) electrons. The number of benzene rings is 1. The summed E-state index contributed by atoms with van der Waals surface area (Å²) >= 11 is 0. The predicted molar refractivity (Wildman–Crippen MR) is 120 cm³/mol. The first-order valence-electron chi connectivity index (χ1n) is 11.4. The molecule has 2 aliphatic rings. The normalized spacial score (nSPS) is 18.8. The van der Waals surface area contributed by atoms with Gasteiger partial charge in [0, 0.05) is 36.9 Å². The van der Waals surface area contributed by atoms with Crippen LogP contribution < -0.4 is 4.74 Å². The molecule has 1 fully saturated rings. The van der Waals surface area contributed by atoms with Crippen molar-refractivity contribution in [3.05, 3.63) is 53.9 Å². The van der Waals surface area contributed by atoms with Crippen LogP contribution in [-0.2, 0) is 16.1 Å². The Morgan fingerprint density at radius 3 is 2.61 bits per heavy atom. The highest BCUT2D eigenvalue weighted by atomic mass is 16.5. The number of nitrogens with zero attached hydrogens (tertiary/aromatic N) is 3. The Hall–Kier alpha value is -2.76. The summed E-state index contributed by atoms with van der Waals surface area (Å²) in [5, 5.41) is 0. The van der Waals surface area contributed by atoms with Crippen molar-refractivity contribution in [2.24, 2.45) is 5.92 Å². The largest absolute Gasteiger partial charge is 0.497 e. The summed E-state index contributed by atoms with van der Waals surface area (Å²) in [4.78, 5) is 30.4. The topological polar surface area (TPSA) is 54.8 Å². The first kappa shape index (κ1) is 21.5. The van der Waals surface area contributed by atoms with Gasteiger partial charge in [0.1, 0.15) is 12.3 Å². The van der Waals surface area contributed by atoms with Gasteiger partial charge in [0.15, 0.2) is 0 Å². The number of ether oxygens (including phenoxy) is 1. The molecule has 0 spiro atoms. The third kappa shape index (κ3) is 4.34. The lowest BCUT2D eigenvalue weighted by molar-refractivity contribution is -0.145. The average Bonchev–Trinajstić information content (AvgIpc) is 3.48. The minimum absolute atomic E-state index is 0.000293. The Bertz CT molecular complexity index is 930. The zero-order chi connectivity index (χ0) is 22.0. The lowest BCUT2D eigenvalue weighted by atomic mass is 9.99. The highest BCUT2D eigenvalue weighted by Crippen LogP contribution is 2.34. The number of carbonyl (C=O) groups excluding carboxylic acids is 2. The molecule has 1 aliphatic heterocycles. The number of methoxy groups -OCH3 is 1. The minimum Gasteiger partial charge on any atom is -0.497 e. The molecule has 4 rings (SSSR count). The van der Waals surface area contributed by atoms with E-state index in [2.05, 4.69) is 16.8 Å². The highest BCUT2D eigenvalue weighted by molar-refractivity contribution is 5.86. The SMILES string of the molecule is COc1cccc(C2c3cccn3CCN2C(=O)CN(C(=O)C2CCCC2)C(C)C)c1. The van der Waals surface area contributed by atoms with Crippen molar-refractivity contribution < 1.29 is 14.3 Å². The van der Waals surface area contributed by atoms with Crippen LogP contribution in [-0.4, -0.2) is 52.4 Å². The summed E-state index contributed by atoms with van der Waals surface area (Å²) in [5.74, 6) is 0.983. The zero-order valence-electron chi connectivity index (χ0n) is 18.8. The first-order chi connectivity index (χ1) is 15.0. The Balaban J connectivity index is 1.61. The maximum atomic E-state index is 13.6.